The molecule has 1 heterocycles. The second-order valence-electron chi connectivity index (χ2n) is 15.3. The summed E-state index contributed by atoms with van der Waals surface area (Å²) >= 11 is 0. The monoisotopic (exact) mass is 764 g/mol. The van der Waals surface area contributed by atoms with Gasteiger partial charge in [0, 0.05) is 33.2 Å². The van der Waals surface area contributed by atoms with Gasteiger partial charge in [-0.05, 0) is 111 Å². The molecule has 0 radical (unpaired) electrons. The van der Waals surface area contributed by atoms with Gasteiger partial charge in [-0.3, -0.25) is 0 Å². The first-order valence-corrected chi connectivity index (χ1v) is 20.6. The van der Waals surface area contributed by atoms with Crippen molar-refractivity contribution >= 4 is 49.6 Å². The van der Waals surface area contributed by atoms with Crippen LogP contribution in [0.15, 0.2) is 243 Å². The third-order valence-corrected chi connectivity index (χ3v) is 11.8. The largest absolute Gasteiger partial charge is 0.310 e. The van der Waals surface area contributed by atoms with Crippen molar-refractivity contribution in [2.45, 2.75) is 0 Å². The molecule has 0 unspecified atom stereocenters. The van der Waals surface area contributed by atoms with Crippen molar-refractivity contribution in [3.8, 4) is 50.2 Å². The SMILES string of the molecule is c1ccc(-c2ccc(N(c3ccc(-c4cc(-c5ccccc5)cc(-n5c6ccccc6c6ccccc65)c4)cc3)c3ccc(-c4ccccc4)c4ccccc34)cc2)cc1. The predicted molar refractivity (Wildman–Crippen MR) is 255 cm³/mol. The van der Waals surface area contributed by atoms with Gasteiger partial charge in [0.05, 0.1) is 16.7 Å². The molecule has 0 fully saturated rings. The molecular weight excluding hydrogens is 725 g/mol. The third kappa shape index (κ3) is 6.32. The van der Waals surface area contributed by atoms with Crippen LogP contribution in [0, 0.1) is 0 Å². The lowest BCUT2D eigenvalue weighted by Crippen LogP contribution is -2.10. The van der Waals surface area contributed by atoms with E-state index in [-0.39, 0.29) is 0 Å². The number of para-hydroxylation sites is 2. The van der Waals surface area contributed by atoms with Crippen LogP contribution in [0.2, 0.25) is 0 Å². The maximum atomic E-state index is 2.42. The van der Waals surface area contributed by atoms with Gasteiger partial charge in [-0.2, -0.15) is 0 Å². The van der Waals surface area contributed by atoms with Crippen molar-refractivity contribution in [2.24, 2.45) is 0 Å². The minimum Gasteiger partial charge on any atom is -0.310 e. The lowest BCUT2D eigenvalue weighted by Gasteiger charge is -2.28. The van der Waals surface area contributed by atoms with Crippen LogP contribution < -0.4 is 4.90 Å². The molecule has 0 aliphatic carbocycles. The Bertz CT molecular complexity index is 3220. The van der Waals surface area contributed by atoms with E-state index in [1.807, 2.05) is 0 Å². The van der Waals surface area contributed by atoms with Crippen LogP contribution >= 0.6 is 0 Å². The summed E-state index contributed by atoms with van der Waals surface area (Å²) in [5.41, 5.74) is 16.4. The van der Waals surface area contributed by atoms with Crippen LogP contribution in [0.1, 0.15) is 0 Å². The number of aromatic nitrogens is 1. The Morgan fingerprint density at radius 1 is 0.267 bits per heavy atom. The molecule has 60 heavy (non-hydrogen) atoms. The molecular formula is C58H40N2. The van der Waals surface area contributed by atoms with Crippen LogP contribution in [0.3, 0.4) is 0 Å². The Balaban J connectivity index is 1.06. The van der Waals surface area contributed by atoms with Crippen molar-refractivity contribution in [3.63, 3.8) is 0 Å². The normalized spacial score (nSPS) is 11.3. The average molecular weight is 765 g/mol. The van der Waals surface area contributed by atoms with Gasteiger partial charge in [-0.1, -0.05) is 182 Å². The summed E-state index contributed by atoms with van der Waals surface area (Å²) in [6.45, 7) is 0. The summed E-state index contributed by atoms with van der Waals surface area (Å²) < 4.78 is 2.42. The Hall–Kier alpha value is -7.94. The molecule has 0 bridgehead atoms. The summed E-state index contributed by atoms with van der Waals surface area (Å²) in [6.07, 6.45) is 0. The minimum absolute atomic E-state index is 1.09. The van der Waals surface area contributed by atoms with Crippen molar-refractivity contribution in [3.05, 3.63) is 243 Å². The van der Waals surface area contributed by atoms with Crippen LogP contribution in [0.4, 0.5) is 17.1 Å². The zero-order chi connectivity index (χ0) is 39.8. The molecule has 0 atom stereocenters. The minimum atomic E-state index is 1.09. The van der Waals surface area contributed by atoms with Crippen LogP contribution in [-0.4, -0.2) is 4.57 Å². The molecule has 2 heteroatoms. The summed E-state index contributed by atoms with van der Waals surface area (Å²) in [4.78, 5) is 2.40. The standard InChI is InChI=1S/C58H40N2/c1-4-16-41(17-5-1)43-28-32-48(33-29-43)59(58-37-36-51(45-20-8-3-9-21-45)52-22-10-11-23-53(52)58)49-34-30-44(31-35-49)47-38-46(42-18-6-2-7-19-42)39-50(40-47)60-56-26-14-12-24-54(56)55-25-13-15-27-57(55)60/h1-40H. The first-order valence-electron chi connectivity index (χ1n) is 20.6. The number of benzene rings is 10. The zero-order valence-electron chi connectivity index (χ0n) is 33.0. The molecule has 0 saturated heterocycles. The molecule has 0 spiro atoms. The molecule has 2 nitrogen and oxygen atoms in total. The maximum absolute atomic E-state index is 2.42. The van der Waals surface area contributed by atoms with E-state index in [0.717, 1.165) is 33.9 Å². The highest BCUT2D eigenvalue weighted by Gasteiger charge is 2.19. The van der Waals surface area contributed by atoms with E-state index in [1.54, 1.807) is 0 Å². The zero-order valence-corrected chi connectivity index (χ0v) is 33.0. The van der Waals surface area contributed by atoms with Crippen LogP contribution in [0.5, 0.6) is 0 Å². The molecule has 10 aromatic carbocycles. The van der Waals surface area contributed by atoms with Crippen molar-refractivity contribution in [2.75, 3.05) is 4.90 Å². The van der Waals surface area contributed by atoms with Gasteiger partial charge in [0.25, 0.3) is 0 Å². The molecule has 11 aromatic rings. The Kier molecular flexibility index (Phi) is 8.87. The highest BCUT2D eigenvalue weighted by Crippen LogP contribution is 2.43. The first kappa shape index (κ1) is 35.2. The van der Waals surface area contributed by atoms with Crippen LogP contribution in [0.25, 0.3) is 82.8 Å². The molecule has 282 valence electrons. The maximum Gasteiger partial charge on any atom is 0.0541 e. The number of rotatable bonds is 8. The summed E-state index contributed by atoms with van der Waals surface area (Å²) in [5.74, 6) is 0. The fourth-order valence-corrected chi connectivity index (χ4v) is 8.92. The van der Waals surface area contributed by atoms with E-state index in [0.29, 0.717) is 0 Å². The van der Waals surface area contributed by atoms with E-state index in [9.17, 15) is 0 Å². The topological polar surface area (TPSA) is 8.17 Å². The second kappa shape index (κ2) is 15.1. The van der Waals surface area contributed by atoms with E-state index < -0.39 is 0 Å². The smallest absolute Gasteiger partial charge is 0.0541 e. The number of hydrogen-bond donors (Lipinski definition) is 0. The van der Waals surface area contributed by atoms with Gasteiger partial charge < -0.3 is 9.47 Å². The Labute approximate surface area is 350 Å². The number of hydrogen-bond acceptors (Lipinski definition) is 1. The molecule has 0 aliphatic heterocycles. The average Bonchev–Trinajstić information content (AvgIpc) is 3.67. The van der Waals surface area contributed by atoms with E-state index in [2.05, 4.69) is 252 Å². The first-order chi connectivity index (χ1) is 29.8. The lowest BCUT2D eigenvalue weighted by molar-refractivity contribution is 1.18. The van der Waals surface area contributed by atoms with Crippen molar-refractivity contribution < 1.29 is 0 Å². The number of fused-ring (bicyclic) bond motifs is 4. The molecule has 1 aromatic heterocycles. The third-order valence-electron chi connectivity index (χ3n) is 11.8. The lowest BCUT2D eigenvalue weighted by atomic mass is 9.96. The Morgan fingerprint density at radius 2 is 0.667 bits per heavy atom. The molecule has 0 N–H and O–H groups in total. The molecule has 0 saturated carbocycles. The van der Waals surface area contributed by atoms with Crippen molar-refractivity contribution in [1.82, 2.24) is 4.57 Å². The van der Waals surface area contributed by atoms with Crippen LogP contribution in [-0.2, 0) is 0 Å². The fraction of sp³-hybridized carbons (Fsp3) is 0. The van der Waals surface area contributed by atoms with Gasteiger partial charge >= 0.3 is 0 Å². The number of nitrogens with zero attached hydrogens (tertiary/aromatic N) is 2. The summed E-state index contributed by atoms with van der Waals surface area (Å²) in [7, 11) is 0. The van der Waals surface area contributed by atoms with Gasteiger partial charge in [0.15, 0.2) is 0 Å². The van der Waals surface area contributed by atoms with Gasteiger partial charge in [-0.25, -0.2) is 0 Å². The van der Waals surface area contributed by atoms with E-state index in [1.165, 1.54) is 66.0 Å². The summed E-state index contributed by atoms with van der Waals surface area (Å²) in [5, 5.41) is 4.93. The fourth-order valence-electron chi connectivity index (χ4n) is 8.92. The number of anilines is 3. The van der Waals surface area contributed by atoms with E-state index >= 15 is 0 Å². The Morgan fingerprint density at radius 3 is 1.20 bits per heavy atom. The predicted octanol–water partition coefficient (Wildman–Crippen LogP) is 16.1. The van der Waals surface area contributed by atoms with Gasteiger partial charge in [0.2, 0.25) is 0 Å². The highest BCUT2D eigenvalue weighted by molar-refractivity contribution is 6.09. The molecule has 11 rings (SSSR count). The summed E-state index contributed by atoms with van der Waals surface area (Å²) in [6, 6.07) is 87.9. The highest BCUT2D eigenvalue weighted by atomic mass is 15.1. The van der Waals surface area contributed by atoms with Gasteiger partial charge in [-0.15, -0.1) is 0 Å². The molecule has 0 aliphatic rings. The van der Waals surface area contributed by atoms with Crippen molar-refractivity contribution in [1.29, 1.82) is 0 Å². The second-order valence-corrected chi connectivity index (χ2v) is 15.3. The molecule has 0 amide bonds. The van der Waals surface area contributed by atoms with Gasteiger partial charge in [0.1, 0.15) is 0 Å². The quantitative estimate of drug-likeness (QED) is 0.150. The van der Waals surface area contributed by atoms with E-state index in [4.69, 9.17) is 0 Å².